The topological polar surface area (TPSA) is 41.1 Å². The summed E-state index contributed by atoms with van der Waals surface area (Å²) in [6.45, 7) is 0.908. The average molecular weight is 278 g/mol. The maximum Gasteiger partial charge on any atom is 0.237 e. The molecule has 3 heteroatoms. The third-order valence-corrected chi connectivity index (χ3v) is 5.76. The molecule has 1 aliphatic heterocycles. The largest absolute Gasteiger partial charge is 0.354 e. The molecular weight excluding hydrogens is 248 g/mol. The van der Waals surface area contributed by atoms with Crippen LogP contribution in [0.25, 0.3) is 0 Å². The molecule has 2 saturated carbocycles. The van der Waals surface area contributed by atoms with E-state index in [2.05, 4.69) is 10.6 Å². The van der Waals surface area contributed by atoms with E-state index in [9.17, 15) is 4.79 Å². The van der Waals surface area contributed by atoms with Crippen molar-refractivity contribution in [3.05, 3.63) is 0 Å². The molecular formula is C17H30N2O. The highest BCUT2D eigenvalue weighted by Crippen LogP contribution is 2.32. The van der Waals surface area contributed by atoms with Gasteiger partial charge in [-0.15, -0.1) is 0 Å². The number of carbonyl (C=O) groups excluding carboxylic acids is 1. The van der Waals surface area contributed by atoms with Gasteiger partial charge in [0.2, 0.25) is 5.91 Å². The molecule has 2 aliphatic carbocycles. The summed E-state index contributed by atoms with van der Waals surface area (Å²) in [7, 11) is 0. The Hall–Kier alpha value is -0.570. The van der Waals surface area contributed by atoms with Crippen molar-refractivity contribution < 1.29 is 4.79 Å². The molecule has 114 valence electrons. The van der Waals surface area contributed by atoms with Crippen LogP contribution in [0.1, 0.15) is 70.6 Å². The van der Waals surface area contributed by atoms with E-state index in [1.54, 1.807) is 0 Å². The van der Waals surface area contributed by atoms with Gasteiger partial charge in [-0.1, -0.05) is 32.1 Å². The first kappa shape index (κ1) is 14.4. The van der Waals surface area contributed by atoms with Crippen molar-refractivity contribution in [3.8, 4) is 0 Å². The maximum atomic E-state index is 12.3. The van der Waals surface area contributed by atoms with E-state index in [0.717, 1.165) is 24.8 Å². The van der Waals surface area contributed by atoms with Gasteiger partial charge in [0.15, 0.2) is 0 Å². The maximum absolute atomic E-state index is 12.3. The predicted octanol–water partition coefficient (Wildman–Crippen LogP) is 2.99. The number of hydrogen-bond acceptors (Lipinski definition) is 2. The Morgan fingerprint density at radius 2 is 1.65 bits per heavy atom. The van der Waals surface area contributed by atoms with Crippen molar-refractivity contribution in [1.82, 2.24) is 10.6 Å². The number of piperidine rings is 1. The first-order chi connectivity index (χ1) is 9.83. The normalized spacial score (nSPS) is 35.3. The van der Waals surface area contributed by atoms with Crippen molar-refractivity contribution in [1.29, 1.82) is 0 Å². The Morgan fingerprint density at radius 3 is 2.50 bits per heavy atom. The lowest BCUT2D eigenvalue weighted by Crippen LogP contribution is -2.55. The van der Waals surface area contributed by atoms with E-state index in [-0.39, 0.29) is 11.9 Å². The van der Waals surface area contributed by atoms with E-state index in [0.29, 0.717) is 6.04 Å². The lowest BCUT2D eigenvalue weighted by Gasteiger charge is -2.40. The highest BCUT2D eigenvalue weighted by Gasteiger charge is 2.34. The van der Waals surface area contributed by atoms with Crippen LogP contribution in [0.2, 0.25) is 0 Å². The molecule has 0 aromatic rings. The number of rotatable bonds is 3. The molecule has 3 aliphatic rings. The second kappa shape index (κ2) is 6.93. The zero-order valence-corrected chi connectivity index (χ0v) is 12.7. The smallest absolute Gasteiger partial charge is 0.237 e. The first-order valence-corrected chi connectivity index (χ1v) is 8.86. The summed E-state index contributed by atoms with van der Waals surface area (Å²) < 4.78 is 0. The molecule has 3 fully saturated rings. The molecule has 0 spiro atoms. The Bertz CT molecular complexity index is 325. The van der Waals surface area contributed by atoms with Crippen LogP contribution in [-0.2, 0) is 4.79 Å². The van der Waals surface area contributed by atoms with Crippen molar-refractivity contribution in [2.24, 2.45) is 11.8 Å². The van der Waals surface area contributed by atoms with Gasteiger partial charge in [0, 0.05) is 12.6 Å². The summed E-state index contributed by atoms with van der Waals surface area (Å²) in [6, 6.07) is 0.695. The predicted molar refractivity (Wildman–Crippen MR) is 81.5 cm³/mol. The Balaban J connectivity index is 1.42. The van der Waals surface area contributed by atoms with E-state index >= 15 is 0 Å². The van der Waals surface area contributed by atoms with E-state index in [1.165, 1.54) is 64.2 Å². The van der Waals surface area contributed by atoms with Gasteiger partial charge in [0.05, 0.1) is 6.04 Å². The van der Waals surface area contributed by atoms with Crippen LogP contribution in [-0.4, -0.2) is 24.5 Å². The Labute approximate surface area is 123 Å². The molecule has 2 N–H and O–H groups in total. The molecule has 3 nitrogen and oxygen atoms in total. The third-order valence-electron chi connectivity index (χ3n) is 5.76. The van der Waals surface area contributed by atoms with Crippen LogP contribution in [0.5, 0.6) is 0 Å². The molecule has 20 heavy (non-hydrogen) atoms. The van der Waals surface area contributed by atoms with Gasteiger partial charge in [-0.2, -0.15) is 0 Å². The fourth-order valence-corrected chi connectivity index (χ4v) is 4.46. The van der Waals surface area contributed by atoms with Crippen LogP contribution in [0.3, 0.4) is 0 Å². The molecule has 0 aromatic carbocycles. The second-order valence-electron chi connectivity index (χ2n) is 7.20. The molecule has 1 heterocycles. The van der Waals surface area contributed by atoms with Gasteiger partial charge < -0.3 is 10.6 Å². The summed E-state index contributed by atoms with van der Waals surface area (Å²) in [5.74, 6) is 1.84. The van der Waals surface area contributed by atoms with Crippen LogP contribution in [0.15, 0.2) is 0 Å². The number of amides is 1. The molecule has 0 aromatic heterocycles. The van der Waals surface area contributed by atoms with Crippen LogP contribution >= 0.6 is 0 Å². The van der Waals surface area contributed by atoms with Crippen LogP contribution < -0.4 is 10.6 Å². The molecule has 0 radical (unpaired) electrons. The van der Waals surface area contributed by atoms with E-state index < -0.39 is 0 Å². The van der Waals surface area contributed by atoms with Gasteiger partial charge in [-0.25, -0.2) is 0 Å². The average Bonchev–Trinajstić information content (AvgIpc) is 2.53. The van der Waals surface area contributed by atoms with Crippen LogP contribution in [0, 0.1) is 11.8 Å². The summed E-state index contributed by atoms with van der Waals surface area (Å²) in [5, 5.41) is 6.85. The zero-order valence-electron chi connectivity index (χ0n) is 12.7. The number of carbonyl (C=O) groups is 1. The summed E-state index contributed by atoms with van der Waals surface area (Å²) >= 11 is 0. The molecule has 0 bridgehead atoms. The minimum atomic E-state index is 0.0814. The molecule has 3 unspecified atom stereocenters. The first-order valence-electron chi connectivity index (χ1n) is 8.86. The molecule has 1 saturated heterocycles. The Morgan fingerprint density at radius 1 is 0.900 bits per heavy atom. The minimum absolute atomic E-state index is 0.0814. The summed E-state index contributed by atoms with van der Waals surface area (Å²) in [6.07, 6.45) is 14.4. The van der Waals surface area contributed by atoms with Crippen molar-refractivity contribution in [2.45, 2.75) is 82.7 Å². The molecule has 1 amide bonds. The van der Waals surface area contributed by atoms with Crippen LogP contribution in [0.4, 0.5) is 0 Å². The fraction of sp³-hybridized carbons (Fsp3) is 0.941. The zero-order chi connectivity index (χ0) is 13.8. The lowest BCUT2D eigenvalue weighted by atomic mass is 9.77. The summed E-state index contributed by atoms with van der Waals surface area (Å²) in [5.41, 5.74) is 0. The lowest BCUT2D eigenvalue weighted by molar-refractivity contribution is -0.124. The summed E-state index contributed by atoms with van der Waals surface area (Å²) in [4.78, 5) is 12.3. The highest BCUT2D eigenvalue weighted by molar-refractivity contribution is 5.81. The fourth-order valence-electron chi connectivity index (χ4n) is 4.46. The van der Waals surface area contributed by atoms with Crippen molar-refractivity contribution >= 4 is 5.91 Å². The highest BCUT2D eigenvalue weighted by atomic mass is 16.2. The van der Waals surface area contributed by atoms with E-state index in [1.807, 2.05) is 0 Å². The number of hydrogen-bond donors (Lipinski definition) is 2. The van der Waals surface area contributed by atoms with Crippen molar-refractivity contribution in [3.63, 3.8) is 0 Å². The number of fused-ring (bicyclic) bond motifs is 1. The minimum Gasteiger partial charge on any atom is -0.354 e. The van der Waals surface area contributed by atoms with Gasteiger partial charge in [0.1, 0.15) is 0 Å². The van der Waals surface area contributed by atoms with Gasteiger partial charge in [-0.3, -0.25) is 4.79 Å². The van der Waals surface area contributed by atoms with Crippen molar-refractivity contribution in [2.75, 3.05) is 6.54 Å². The van der Waals surface area contributed by atoms with Gasteiger partial charge in [-0.05, 0) is 50.4 Å². The standard InChI is InChI=1S/C17H30N2O/c20-17(18-12-13-6-2-1-3-7-13)16-11-10-14-8-4-5-9-15(14)19-16/h13-16,19H,1-12H2,(H,18,20). The van der Waals surface area contributed by atoms with Gasteiger partial charge >= 0.3 is 0 Å². The number of nitrogens with one attached hydrogen (secondary N) is 2. The molecule has 3 atom stereocenters. The monoisotopic (exact) mass is 278 g/mol. The second-order valence-corrected chi connectivity index (χ2v) is 7.20. The quantitative estimate of drug-likeness (QED) is 0.833. The SMILES string of the molecule is O=C(NCC1CCCCC1)C1CCC2CCCCC2N1. The third kappa shape index (κ3) is 3.55. The molecule has 3 rings (SSSR count). The Kier molecular flexibility index (Phi) is 4.98. The van der Waals surface area contributed by atoms with E-state index in [4.69, 9.17) is 0 Å². The van der Waals surface area contributed by atoms with Gasteiger partial charge in [0.25, 0.3) is 0 Å².